The zero-order valence-corrected chi connectivity index (χ0v) is 44.9. The molecule has 0 unspecified atom stereocenters. The van der Waals surface area contributed by atoms with Crippen LogP contribution < -0.4 is 27.2 Å². The number of rotatable bonds is 9. The summed E-state index contributed by atoms with van der Waals surface area (Å²) in [5.74, 6) is 0. The highest BCUT2D eigenvalue weighted by Crippen LogP contribution is 2.55. The SMILES string of the molecule is Cc1cc(C)c([B-](c2c(C)cc(C)cc2C)(c2c(C)cc(C)cc2C)c2c(C)cc(C)cc2C)c(C)c1.c1ccc(-c2cc(-c3ccccc3)cc([PH+](C3CCCCC3)C3CCCCC3)c2)cc1. The first-order valence-electron chi connectivity index (χ1n) is 26.3. The molecule has 68 heavy (non-hydrogen) atoms. The van der Waals surface area contributed by atoms with Gasteiger partial charge in [0, 0.05) is 7.92 Å². The van der Waals surface area contributed by atoms with Crippen LogP contribution in [0.5, 0.6) is 0 Å². The molecule has 0 radical (unpaired) electrons. The zero-order valence-electron chi connectivity index (χ0n) is 43.9. The Morgan fingerprint density at radius 3 is 0.838 bits per heavy atom. The predicted octanol–water partition coefficient (Wildman–Crippen LogP) is 15.3. The first kappa shape index (κ1) is 49.5. The lowest BCUT2D eigenvalue weighted by Crippen LogP contribution is -2.78. The summed E-state index contributed by atoms with van der Waals surface area (Å²) in [7, 11) is -0.582. The molecule has 7 aromatic rings. The van der Waals surface area contributed by atoms with Crippen molar-refractivity contribution in [3.8, 4) is 22.3 Å². The highest BCUT2D eigenvalue weighted by Gasteiger charge is 2.41. The topological polar surface area (TPSA) is 0 Å². The molecule has 0 saturated heterocycles. The van der Waals surface area contributed by atoms with E-state index in [0.717, 1.165) is 11.3 Å². The molecule has 352 valence electrons. The first-order valence-corrected chi connectivity index (χ1v) is 27.9. The molecule has 0 aromatic heterocycles. The van der Waals surface area contributed by atoms with Crippen molar-refractivity contribution in [2.45, 2.75) is 159 Å². The smallest absolute Gasteiger partial charge is 0.110 e. The lowest BCUT2D eigenvalue weighted by molar-refractivity contribution is 0.487. The van der Waals surface area contributed by atoms with Crippen LogP contribution in [0.2, 0.25) is 0 Å². The van der Waals surface area contributed by atoms with E-state index in [1.165, 1.54) is 175 Å². The van der Waals surface area contributed by atoms with Crippen LogP contribution in [0.3, 0.4) is 0 Å². The monoisotopic (exact) mass is 915 g/mol. The Morgan fingerprint density at radius 2 is 0.574 bits per heavy atom. The van der Waals surface area contributed by atoms with Crippen molar-refractivity contribution < 1.29 is 0 Å². The van der Waals surface area contributed by atoms with E-state index in [-0.39, 0.29) is 0 Å². The van der Waals surface area contributed by atoms with Crippen LogP contribution in [-0.2, 0) is 0 Å². The summed E-state index contributed by atoms with van der Waals surface area (Å²) in [6, 6.07) is 48.9. The lowest BCUT2D eigenvalue weighted by atomic mass is 9.10. The highest BCUT2D eigenvalue weighted by atomic mass is 31.1. The summed E-state index contributed by atoms with van der Waals surface area (Å²) in [4.78, 5) is 0. The third kappa shape index (κ3) is 10.2. The van der Waals surface area contributed by atoms with E-state index in [2.05, 4.69) is 210 Å². The summed E-state index contributed by atoms with van der Waals surface area (Å²) in [5, 5.41) is 1.71. The van der Waals surface area contributed by atoms with Gasteiger partial charge in [-0.15, -0.1) is 0 Å². The third-order valence-electron chi connectivity index (χ3n) is 16.3. The molecule has 0 spiro atoms. The van der Waals surface area contributed by atoms with E-state index in [0.29, 0.717) is 0 Å². The minimum atomic E-state index is -1.48. The average Bonchev–Trinajstić information content (AvgIpc) is 3.29. The van der Waals surface area contributed by atoms with Crippen molar-refractivity contribution in [2.24, 2.45) is 0 Å². The molecular formula is C66H80BP. The molecule has 0 heterocycles. The Kier molecular flexibility index (Phi) is 15.5. The second-order valence-corrected chi connectivity index (χ2v) is 24.9. The maximum absolute atomic E-state index is 2.60. The van der Waals surface area contributed by atoms with Crippen LogP contribution >= 0.6 is 7.92 Å². The van der Waals surface area contributed by atoms with E-state index in [1.54, 1.807) is 5.30 Å². The fraction of sp³-hybridized carbons (Fsp3) is 0.364. The van der Waals surface area contributed by atoms with Gasteiger partial charge < -0.3 is 0 Å². The molecule has 0 aliphatic heterocycles. The van der Waals surface area contributed by atoms with Gasteiger partial charge in [-0.3, -0.25) is 0 Å². The fourth-order valence-electron chi connectivity index (χ4n) is 14.4. The van der Waals surface area contributed by atoms with Crippen molar-refractivity contribution in [1.82, 2.24) is 0 Å². The van der Waals surface area contributed by atoms with Crippen LogP contribution in [0.15, 0.2) is 127 Å². The molecule has 0 bridgehead atoms. The predicted molar refractivity (Wildman–Crippen MR) is 306 cm³/mol. The van der Waals surface area contributed by atoms with Crippen molar-refractivity contribution >= 4 is 41.2 Å². The van der Waals surface area contributed by atoms with Gasteiger partial charge >= 0.3 is 0 Å². The lowest BCUT2D eigenvalue weighted by Gasteiger charge is -2.51. The standard InChI is InChI=1S/C36H44B.C30H35P/c1-21-13-25(5)33(26(6)14-21)37(34-27(7)15-22(2)16-28(34)8,35-29(9)17-23(3)18-30(35)10)36-31(11)19-24(4)20-32(36)12;1-5-13-24(14-6-1)26-21-27(25-15-7-2-8-16-25)23-30(22-26)31(28-17-9-3-10-18-28)29-19-11-4-12-20-29/h13-20H,1-12H3;1-2,5-8,13-16,21-23,28-29H,3-4,9-12,17-20H2/q-1;/p+1. The van der Waals surface area contributed by atoms with Crippen molar-refractivity contribution in [2.75, 3.05) is 0 Å². The molecule has 2 aliphatic rings. The zero-order chi connectivity index (χ0) is 48.3. The molecule has 0 amide bonds. The van der Waals surface area contributed by atoms with E-state index in [9.17, 15) is 0 Å². The summed E-state index contributed by atoms with van der Waals surface area (Å²) >= 11 is 0. The second-order valence-electron chi connectivity index (χ2n) is 21.8. The van der Waals surface area contributed by atoms with Gasteiger partial charge in [-0.25, -0.2) is 0 Å². The van der Waals surface area contributed by atoms with Gasteiger partial charge in [0.05, 0.1) is 16.6 Å². The molecule has 0 atom stereocenters. The van der Waals surface area contributed by atoms with Crippen LogP contribution in [0.25, 0.3) is 22.3 Å². The van der Waals surface area contributed by atoms with Crippen LogP contribution in [0.1, 0.15) is 131 Å². The summed E-state index contributed by atoms with van der Waals surface area (Å²) in [5.41, 5.74) is 29.8. The Morgan fingerprint density at radius 1 is 0.309 bits per heavy atom. The number of hydrogen-bond donors (Lipinski definition) is 0. The quantitative estimate of drug-likeness (QED) is 0.1000. The van der Waals surface area contributed by atoms with Crippen LogP contribution in [0.4, 0.5) is 0 Å². The van der Waals surface area contributed by atoms with Gasteiger partial charge in [0.25, 0.3) is 0 Å². The van der Waals surface area contributed by atoms with Crippen LogP contribution in [0, 0.1) is 83.1 Å². The van der Waals surface area contributed by atoms with Crippen molar-refractivity contribution in [1.29, 1.82) is 0 Å². The number of benzene rings is 7. The minimum Gasteiger partial charge on any atom is -0.189 e. The van der Waals surface area contributed by atoms with E-state index < -0.39 is 14.1 Å². The molecule has 7 aromatic carbocycles. The molecule has 2 saturated carbocycles. The Hall–Kier alpha value is -4.97. The molecule has 2 fully saturated rings. The minimum absolute atomic E-state index is 0.582. The Labute approximate surface area is 414 Å². The van der Waals surface area contributed by atoms with E-state index >= 15 is 0 Å². The second kappa shape index (κ2) is 21.4. The Bertz CT molecular complexity index is 2470. The summed E-state index contributed by atoms with van der Waals surface area (Å²) in [6.45, 7) is 27.6. The molecule has 9 rings (SSSR count). The molecule has 2 aliphatic carbocycles. The summed E-state index contributed by atoms with van der Waals surface area (Å²) < 4.78 is 0. The largest absolute Gasteiger partial charge is 0.189 e. The van der Waals surface area contributed by atoms with Gasteiger partial charge in [0.1, 0.15) is 6.15 Å². The number of aryl methyl sites for hydroxylation is 12. The molecule has 0 nitrogen and oxygen atoms in total. The highest BCUT2D eigenvalue weighted by molar-refractivity contribution is 7.67. The third-order valence-corrected chi connectivity index (χ3v) is 20.1. The van der Waals surface area contributed by atoms with Crippen LogP contribution in [-0.4, -0.2) is 17.5 Å². The van der Waals surface area contributed by atoms with Gasteiger partial charge in [0.15, 0.2) is 0 Å². The molecular weight excluding hydrogens is 835 g/mol. The number of hydrogen-bond acceptors (Lipinski definition) is 0. The van der Waals surface area contributed by atoms with Gasteiger partial charge in [-0.2, -0.15) is 21.9 Å². The van der Waals surface area contributed by atoms with E-state index in [4.69, 9.17) is 0 Å². The Balaban J connectivity index is 0.000000186. The maximum Gasteiger partial charge on any atom is 0.110 e. The van der Waals surface area contributed by atoms with Gasteiger partial charge in [-0.1, -0.05) is 189 Å². The van der Waals surface area contributed by atoms with Gasteiger partial charge in [-0.05, 0) is 175 Å². The normalized spacial score (nSPS) is 14.8. The molecule has 0 N–H and O–H groups in total. The average molecular weight is 915 g/mol. The first-order chi connectivity index (χ1) is 32.7. The van der Waals surface area contributed by atoms with Crippen molar-refractivity contribution in [3.63, 3.8) is 0 Å². The maximum atomic E-state index is 2.60. The van der Waals surface area contributed by atoms with Crippen molar-refractivity contribution in [3.05, 3.63) is 194 Å². The molecule has 2 heteroatoms. The fourth-order valence-corrected chi connectivity index (χ4v) is 18.7. The van der Waals surface area contributed by atoms with E-state index in [1.807, 2.05) is 0 Å². The summed E-state index contributed by atoms with van der Waals surface area (Å²) in [6.07, 6.45) is 13.1. The van der Waals surface area contributed by atoms with Gasteiger partial charge in [0.2, 0.25) is 0 Å².